The van der Waals surface area contributed by atoms with Gasteiger partial charge in [0, 0.05) is 10.9 Å². The average Bonchev–Trinajstić information content (AvgIpc) is 2.95. The van der Waals surface area contributed by atoms with Crippen molar-refractivity contribution < 1.29 is 22.7 Å². The molecule has 9 heteroatoms. The molecule has 0 aliphatic rings. The Morgan fingerprint density at radius 2 is 2.08 bits per heavy atom. The predicted molar refractivity (Wildman–Crippen MR) is 94.4 cm³/mol. The van der Waals surface area contributed by atoms with Gasteiger partial charge >= 0.3 is 6.18 Å². The van der Waals surface area contributed by atoms with Crippen LogP contribution in [0.3, 0.4) is 0 Å². The number of ether oxygens (including phenoxy) is 1. The zero-order chi connectivity index (χ0) is 18.9. The molecule has 0 spiro atoms. The molecule has 0 unspecified atom stereocenters. The second kappa shape index (κ2) is 6.83. The lowest BCUT2D eigenvalue weighted by atomic mass is 10.1. The molecule has 0 aliphatic carbocycles. The summed E-state index contributed by atoms with van der Waals surface area (Å²) >= 11 is 0.955. The summed E-state index contributed by atoms with van der Waals surface area (Å²) in [6.07, 6.45) is -4.49. The monoisotopic (exact) mass is 381 g/mol. The van der Waals surface area contributed by atoms with Gasteiger partial charge in [-0.05, 0) is 24.3 Å². The minimum atomic E-state index is -4.49. The topological polar surface area (TPSA) is 77.2 Å². The third kappa shape index (κ3) is 3.72. The number of nitrogens with one attached hydrogen (secondary N) is 1. The van der Waals surface area contributed by atoms with E-state index in [0.29, 0.717) is 21.7 Å². The van der Waals surface area contributed by atoms with Crippen LogP contribution in [0.4, 0.5) is 18.9 Å². The lowest BCUT2D eigenvalue weighted by Gasteiger charge is -2.07. The standard InChI is InChI=1S/C17H14F3N3O2S/c1-25-10-4-2-3-9(7-10)12-6-5-11-13(21)14(26-16(11)23-12)15(24)22-8-17(18,19)20/h2-7H,8,21H2,1H3,(H,22,24). The van der Waals surface area contributed by atoms with Crippen molar-refractivity contribution in [3.05, 3.63) is 41.3 Å². The van der Waals surface area contributed by atoms with E-state index in [1.165, 1.54) is 0 Å². The Balaban J connectivity index is 1.94. The van der Waals surface area contributed by atoms with Crippen molar-refractivity contribution in [3.63, 3.8) is 0 Å². The number of alkyl halides is 3. The van der Waals surface area contributed by atoms with E-state index >= 15 is 0 Å². The number of fused-ring (bicyclic) bond motifs is 1. The Bertz CT molecular complexity index is 970. The number of amides is 1. The number of pyridine rings is 1. The van der Waals surface area contributed by atoms with Crippen LogP contribution in [-0.4, -0.2) is 30.7 Å². The Hall–Kier alpha value is -2.81. The summed E-state index contributed by atoms with van der Waals surface area (Å²) in [6.45, 7) is -1.41. The van der Waals surface area contributed by atoms with E-state index in [2.05, 4.69) is 4.98 Å². The lowest BCUT2D eigenvalue weighted by molar-refractivity contribution is -0.123. The molecule has 1 amide bonds. The molecule has 0 saturated heterocycles. The summed E-state index contributed by atoms with van der Waals surface area (Å²) in [4.78, 5) is 17.0. The van der Waals surface area contributed by atoms with E-state index in [9.17, 15) is 18.0 Å². The van der Waals surface area contributed by atoms with Gasteiger partial charge in [0.2, 0.25) is 0 Å². The first-order valence-electron chi connectivity index (χ1n) is 7.47. The maximum atomic E-state index is 12.3. The number of nitrogens with zero attached hydrogens (tertiary/aromatic N) is 1. The average molecular weight is 381 g/mol. The molecule has 3 rings (SSSR count). The van der Waals surface area contributed by atoms with Crippen molar-refractivity contribution in [2.75, 3.05) is 19.4 Å². The molecule has 2 heterocycles. The van der Waals surface area contributed by atoms with E-state index in [-0.39, 0.29) is 10.6 Å². The molecule has 2 aromatic heterocycles. The zero-order valence-corrected chi connectivity index (χ0v) is 14.4. The molecule has 3 N–H and O–H groups in total. The maximum absolute atomic E-state index is 12.3. The highest BCUT2D eigenvalue weighted by Gasteiger charge is 2.29. The van der Waals surface area contributed by atoms with Crippen LogP contribution in [0.5, 0.6) is 5.75 Å². The number of hydrogen-bond donors (Lipinski definition) is 2. The Morgan fingerprint density at radius 1 is 1.31 bits per heavy atom. The van der Waals surface area contributed by atoms with Crippen LogP contribution in [0.2, 0.25) is 0 Å². The number of aromatic nitrogens is 1. The molecule has 5 nitrogen and oxygen atoms in total. The number of carbonyl (C=O) groups is 1. The number of methoxy groups -OCH3 is 1. The number of nitrogens with two attached hydrogens (primary N) is 1. The Labute approximate surface area is 150 Å². The number of hydrogen-bond acceptors (Lipinski definition) is 5. The van der Waals surface area contributed by atoms with Crippen LogP contribution in [0.25, 0.3) is 21.5 Å². The normalized spacial score (nSPS) is 11.5. The molecule has 0 bridgehead atoms. The molecule has 0 fully saturated rings. The fourth-order valence-corrected chi connectivity index (χ4v) is 3.38. The molecular weight excluding hydrogens is 367 g/mol. The summed E-state index contributed by atoms with van der Waals surface area (Å²) in [5.41, 5.74) is 7.49. The van der Waals surface area contributed by atoms with Crippen molar-refractivity contribution in [2.45, 2.75) is 6.18 Å². The highest BCUT2D eigenvalue weighted by molar-refractivity contribution is 7.21. The van der Waals surface area contributed by atoms with Gasteiger partial charge in [0.25, 0.3) is 5.91 Å². The maximum Gasteiger partial charge on any atom is 0.405 e. The third-order valence-corrected chi connectivity index (χ3v) is 4.73. The van der Waals surface area contributed by atoms with Gasteiger partial charge in [-0.3, -0.25) is 4.79 Å². The predicted octanol–water partition coefficient (Wildman–Crippen LogP) is 3.85. The van der Waals surface area contributed by atoms with Crippen molar-refractivity contribution in [1.82, 2.24) is 10.3 Å². The molecule has 136 valence electrons. The van der Waals surface area contributed by atoms with E-state index in [4.69, 9.17) is 10.5 Å². The highest BCUT2D eigenvalue weighted by atomic mass is 32.1. The number of thiophene rings is 1. The van der Waals surface area contributed by atoms with Crippen molar-refractivity contribution in [3.8, 4) is 17.0 Å². The van der Waals surface area contributed by atoms with E-state index in [1.54, 1.807) is 25.3 Å². The molecular formula is C17H14F3N3O2S. The number of carbonyl (C=O) groups excluding carboxylic acids is 1. The third-order valence-electron chi connectivity index (χ3n) is 3.61. The molecule has 26 heavy (non-hydrogen) atoms. The van der Waals surface area contributed by atoms with E-state index in [1.807, 2.05) is 23.5 Å². The highest BCUT2D eigenvalue weighted by Crippen LogP contribution is 2.34. The van der Waals surface area contributed by atoms with Gasteiger partial charge in [-0.25, -0.2) is 4.98 Å². The van der Waals surface area contributed by atoms with Gasteiger partial charge < -0.3 is 15.8 Å². The minimum absolute atomic E-state index is 0.0135. The van der Waals surface area contributed by atoms with Crippen molar-refractivity contribution in [2.24, 2.45) is 0 Å². The second-order valence-electron chi connectivity index (χ2n) is 5.42. The molecule has 0 radical (unpaired) electrons. The van der Waals surface area contributed by atoms with Crippen LogP contribution in [0, 0.1) is 0 Å². The lowest BCUT2D eigenvalue weighted by Crippen LogP contribution is -2.33. The molecule has 1 aromatic carbocycles. The molecule has 0 aliphatic heterocycles. The van der Waals surface area contributed by atoms with Crippen molar-refractivity contribution >= 4 is 33.1 Å². The summed E-state index contributed by atoms with van der Waals surface area (Å²) in [6, 6.07) is 10.7. The van der Waals surface area contributed by atoms with Gasteiger partial charge in [-0.2, -0.15) is 13.2 Å². The van der Waals surface area contributed by atoms with E-state index < -0.39 is 18.6 Å². The fraction of sp³-hybridized carbons (Fsp3) is 0.176. The SMILES string of the molecule is COc1cccc(-c2ccc3c(N)c(C(=O)NCC(F)(F)F)sc3n2)c1. The first-order chi connectivity index (χ1) is 12.3. The summed E-state index contributed by atoms with van der Waals surface area (Å²) < 4.78 is 42.0. The number of anilines is 1. The summed E-state index contributed by atoms with van der Waals surface area (Å²) in [5.74, 6) is -0.201. The van der Waals surface area contributed by atoms with Crippen molar-refractivity contribution in [1.29, 1.82) is 0 Å². The quantitative estimate of drug-likeness (QED) is 0.720. The number of halogens is 3. The smallest absolute Gasteiger partial charge is 0.405 e. The largest absolute Gasteiger partial charge is 0.497 e. The van der Waals surface area contributed by atoms with Gasteiger partial charge in [0.05, 0.1) is 18.5 Å². The van der Waals surface area contributed by atoms with Gasteiger partial charge in [0.15, 0.2) is 0 Å². The number of rotatable bonds is 4. The van der Waals surface area contributed by atoms with Crippen LogP contribution >= 0.6 is 11.3 Å². The fourth-order valence-electron chi connectivity index (χ4n) is 2.37. The van der Waals surface area contributed by atoms with E-state index in [0.717, 1.165) is 16.9 Å². The van der Waals surface area contributed by atoms with Crippen LogP contribution in [-0.2, 0) is 0 Å². The second-order valence-corrected chi connectivity index (χ2v) is 6.42. The number of benzene rings is 1. The van der Waals surface area contributed by atoms with Gasteiger partial charge in [0.1, 0.15) is 22.0 Å². The summed E-state index contributed by atoms with van der Waals surface area (Å²) in [7, 11) is 1.56. The van der Waals surface area contributed by atoms with Crippen LogP contribution in [0.15, 0.2) is 36.4 Å². The Morgan fingerprint density at radius 3 is 2.77 bits per heavy atom. The first kappa shape index (κ1) is 18.0. The van der Waals surface area contributed by atoms with Crippen LogP contribution in [0.1, 0.15) is 9.67 Å². The molecule has 0 saturated carbocycles. The molecule has 3 aromatic rings. The number of nitrogen functional groups attached to an aromatic ring is 1. The summed E-state index contributed by atoms with van der Waals surface area (Å²) in [5, 5.41) is 2.35. The van der Waals surface area contributed by atoms with Gasteiger partial charge in [-0.1, -0.05) is 12.1 Å². The molecule has 0 atom stereocenters. The first-order valence-corrected chi connectivity index (χ1v) is 8.28. The zero-order valence-electron chi connectivity index (χ0n) is 13.6. The minimum Gasteiger partial charge on any atom is -0.497 e. The van der Waals surface area contributed by atoms with Gasteiger partial charge in [-0.15, -0.1) is 11.3 Å². The van der Waals surface area contributed by atoms with Crippen LogP contribution < -0.4 is 15.8 Å². The Kier molecular flexibility index (Phi) is 4.73.